The van der Waals surface area contributed by atoms with Crippen LogP contribution < -0.4 is 9.64 Å². The van der Waals surface area contributed by atoms with E-state index in [1.807, 2.05) is 43.3 Å². The molecule has 1 radical (unpaired) electrons. The molecule has 0 bridgehead atoms. The maximum atomic E-state index is 12.0. The predicted octanol–water partition coefficient (Wildman–Crippen LogP) is 1.81. The summed E-state index contributed by atoms with van der Waals surface area (Å²) in [6, 6.07) is 7.54. The van der Waals surface area contributed by atoms with E-state index in [1.165, 1.54) is 0 Å². The van der Waals surface area contributed by atoms with E-state index in [-0.39, 0.29) is 12.3 Å². The van der Waals surface area contributed by atoms with Crippen molar-refractivity contribution in [3.05, 3.63) is 31.2 Å². The van der Waals surface area contributed by atoms with Crippen molar-refractivity contribution in [2.45, 2.75) is 6.42 Å². The molecule has 0 aliphatic rings. The van der Waals surface area contributed by atoms with Crippen LogP contribution in [0, 0.1) is 6.92 Å². The number of hydrogen-bond donors (Lipinski definition) is 0. The SMILES string of the molecule is [CH2]CC(=O)N(CCN(C)C)c1ccccc1OC. The lowest BCUT2D eigenvalue weighted by Gasteiger charge is -2.25. The molecule has 0 spiro atoms. The average Bonchev–Trinajstić information content (AvgIpc) is 2.38. The molecule has 0 aliphatic carbocycles. The van der Waals surface area contributed by atoms with Crippen LogP contribution in [0.1, 0.15) is 6.42 Å². The topological polar surface area (TPSA) is 32.8 Å². The summed E-state index contributed by atoms with van der Waals surface area (Å²) in [4.78, 5) is 15.8. The van der Waals surface area contributed by atoms with E-state index in [4.69, 9.17) is 4.74 Å². The zero-order valence-electron chi connectivity index (χ0n) is 11.3. The third kappa shape index (κ3) is 3.74. The molecule has 1 amide bonds. The second-order valence-electron chi connectivity index (χ2n) is 4.27. The Kier molecular flexibility index (Phi) is 5.65. The molecular formula is C14H21N2O2. The van der Waals surface area contributed by atoms with Crippen LogP contribution >= 0.6 is 0 Å². The Morgan fingerprint density at radius 2 is 1.94 bits per heavy atom. The molecule has 0 fully saturated rings. The lowest BCUT2D eigenvalue weighted by atomic mass is 10.2. The van der Waals surface area contributed by atoms with Crippen LogP contribution in [0.3, 0.4) is 0 Å². The third-order valence-electron chi connectivity index (χ3n) is 2.66. The average molecular weight is 249 g/mol. The van der Waals surface area contributed by atoms with Crippen molar-refractivity contribution in [1.29, 1.82) is 0 Å². The maximum Gasteiger partial charge on any atom is 0.227 e. The normalized spacial score (nSPS) is 10.5. The van der Waals surface area contributed by atoms with Crippen LogP contribution in [0.4, 0.5) is 5.69 Å². The summed E-state index contributed by atoms with van der Waals surface area (Å²) < 4.78 is 5.30. The Balaban J connectivity index is 2.97. The molecular weight excluding hydrogens is 228 g/mol. The predicted molar refractivity (Wildman–Crippen MR) is 73.9 cm³/mol. The van der Waals surface area contributed by atoms with E-state index in [0.717, 1.165) is 12.2 Å². The van der Waals surface area contributed by atoms with Gasteiger partial charge in [0.25, 0.3) is 0 Å². The van der Waals surface area contributed by atoms with E-state index in [9.17, 15) is 4.79 Å². The van der Waals surface area contributed by atoms with E-state index in [2.05, 4.69) is 6.92 Å². The summed E-state index contributed by atoms with van der Waals surface area (Å²) in [6.07, 6.45) is 0.242. The Hall–Kier alpha value is -1.55. The van der Waals surface area contributed by atoms with Crippen LogP contribution in [0.25, 0.3) is 0 Å². The summed E-state index contributed by atoms with van der Waals surface area (Å²) >= 11 is 0. The number of para-hydroxylation sites is 2. The molecule has 1 rings (SSSR count). The number of carbonyl (C=O) groups is 1. The smallest absolute Gasteiger partial charge is 0.227 e. The highest BCUT2D eigenvalue weighted by Gasteiger charge is 2.17. The number of hydrogen-bond acceptors (Lipinski definition) is 3. The first-order valence-corrected chi connectivity index (χ1v) is 5.97. The molecule has 0 aliphatic heterocycles. The summed E-state index contributed by atoms with van der Waals surface area (Å²) in [6.45, 7) is 5.09. The fraction of sp³-hybridized carbons (Fsp3) is 0.429. The monoisotopic (exact) mass is 249 g/mol. The van der Waals surface area contributed by atoms with Gasteiger partial charge in [-0.25, -0.2) is 0 Å². The van der Waals surface area contributed by atoms with Gasteiger partial charge in [0.2, 0.25) is 5.91 Å². The molecule has 4 nitrogen and oxygen atoms in total. The Bertz CT molecular complexity index is 391. The standard InChI is InChI=1S/C14H21N2O2/c1-5-14(17)16(11-10-15(2)3)12-8-6-7-9-13(12)18-4/h6-9H,1,5,10-11H2,2-4H3. The fourth-order valence-corrected chi connectivity index (χ4v) is 1.67. The first-order valence-electron chi connectivity index (χ1n) is 5.97. The Morgan fingerprint density at radius 1 is 1.28 bits per heavy atom. The summed E-state index contributed by atoms with van der Waals surface area (Å²) in [5.41, 5.74) is 0.801. The highest BCUT2D eigenvalue weighted by Crippen LogP contribution is 2.27. The van der Waals surface area contributed by atoms with Crippen LogP contribution in [0.5, 0.6) is 5.75 Å². The molecule has 0 saturated carbocycles. The minimum atomic E-state index is 0.00125. The second-order valence-corrected chi connectivity index (χ2v) is 4.27. The fourth-order valence-electron chi connectivity index (χ4n) is 1.67. The highest BCUT2D eigenvalue weighted by molar-refractivity contribution is 5.95. The number of likely N-dealkylation sites (N-methyl/N-ethyl adjacent to an activating group) is 1. The van der Waals surface area contributed by atoms with Crippen molar-refractivity contribution in [2.75, 3.05) is 39.2 Å². The molecule has 0 saturated heterocycles. The number of anilines is 1. The maximum absolute atomic E-state index is 12.0. The van der Waals surface area contributed by atoms with Crippen molar-refractivity contribution in [2.24, 2.45) is 0 Å². The van der Waals surface area contributed by atoms with E-state index < -0.39 is 0 Å². The van der Waals surface area contributed by atoms with Gasteiger partial charge in [-0.2, -0.15) is 0 Å². The molecule has 0 aromatic heterocycles. The number of benzene rings is 1. The molecule has 99 valence electrons. The number of amides is 1. The second kappa shape index (κ2) is 7.01. The molecule has 0 atom stereocenters. The van der Waals surface area contributed by atoms with Gasteiger partial charge < -0.3 is 14.5 Å². The van der Waals surface area contributed by atoms with Gasteiger partial charge in [0.05, 0.1) is 12.8 Å². The largest absolute Gasteiger partial charge is 0.495 e. The van der Waals surface area contributed by atoms with Gasteiger partial charge in [-0.05, 0) is 33.2 Å². The minimum absolute atomic E-state index is 0.00125. The van der Waals surface area contributed by atoms with E-state index in [1.54, 1.807) is 12.0 Å². The number of rotatable bonds is 6. The van der Waals surface area contributed by atoms with Crippen LogP contribution in [-0.4, -0.2) is 45.1 Å². The number of ether oxygens (including phenoxy) is 1. The van der Waals surface area contributed by atoms with Crippen molar-refractivity contribution in [3.63, 3.8) is 0 Å². The summed E-state index contributed by atoms with van der Waals surface area (Å²) in [7, 11) is 5.57. The molecule has 18 heavy (non-hydrogen) atoms. The Labute approximate surface area is 109 Å². The summed E-state index contributed by atoms with van der Waals surface area (Å²) in [5, 5.41) is 0. The Morgan fingerprint density at radius 3 is 2.50 bits per heavy atom. The van der Waals surface area contributed by atoms with E-state index >= 15 is 0 Å². The molecule has 1 aromatic carbocycles. The van der Waals surface area contributed by atoms with Crippen molar-refractivity contribution < 1.29 is 9.53 Å². The lowest BCUT2D eigenvalue weighted by Crippen LogP contribution is -2.36. The minimum Gasteiger partial charge on any atom is -0.495 e. The van der Waals surface area contributed by atoms with Crippen molar-refractivity contribution >= 4 is 11.6 Å². The van der Waals surface area contributed by atoms with Crippen molar-refractivity contribution in [3.8, 4) is 5.75 Å². The van der Waals surface area contributed by atoms with Crippen molar-refractivity contribution in [1.82, 2.24) is 4.90 Å². The van der Waals surface area contributed by atoms with Crippen LogP contribution in [0.2, 0.25) is 0 Å². The van der Waals surface area contributed by atoms with Gasteiger partial charge >= 0.3 is 0 Å². The number of nitrogens with zero attached hydrogens (tertiary/aromatic N) is 2. The van der Waals surface area contributed by atoms with Gasteiger partial charge in [-0.3, -0.25) is 4.79 Å². The van der Waals surface area contributed by atoms with Gasteiger partial charge in [-0.15, -0.1) is 0 Å². The molecule has 1 aromatic rings. The lowest BCUT2D eigenvalue weighted by molar-refractivity contribution is -0.117. The highest BCUT2D eigenvalue weighted by atomic mass is 16.5. The zero-order valence-corrected chi connectivity index (χ0v) is 11.3. The first-order chi connectivity index (χ1) is 8.60. The zero-order chi connectivity index (χ0) is 13.5. The number of carbonyl (C=O) groups excluding carboxylic acids is 1. The summed E-state index contributed by atoms with van der Waals surface area (Å²) in [5.74, 6) is 0.708. The van der Waals surface area contributed by atoms with Crippen LogP contribution in [0.15, 0.2) is 24.3 Å². The molecule has 0 unspecified atom stereocenters. The first kappa shape index (κ1) is 14.5. The van der Waals surface area contributed by atoms with Gasteiger partial charge in [0.1, 0.15) is 5.75 Å². The number of methoxy groups -OCH3 is 1. The quantitative estimate of drug-likeness (QED) is 0.771. The molecule has 4 heteroatoms. The van der Waals surface area contributed by atoms with Gasteiger partial charge in [0.15, 0.2) is 0 Å². The third-order valence-corrected chi connectivity index (χ3v) is 2.66. The van der Waals surface area contributed by atoms with Gasteiger partial charge in [0, 0.05) is 19.5 Å². The molecule has 0 N–H and O–H groups in total. The van der Waals surface area contributed by atoms with E-state index in [0.29, 0.717) is 12.3 Å². The van der Waals surface area contributed by atoms with Crippen LogP contribution in [-0.2, 0) is 4.79 Å². The van der Waals surface area contributed by atoms with Gasteiger partial charge in [-0.1, -0.05) is 12.1 Å². The molecule has 0 heterocycles.